The Hall–Kier alpha value is -1.49. The van der Waals surface area contributed by atoms with Gasteiger partial charge in [0.15, 0.2) is 0 Å². The number of amides is 1. The van der Waals surface area contributed by atoms with E-state index in [1.165, 1.54) is 18.6 Å². The number of hydrogen-bond donors (Lipinski definition) is 1. The van der Waals surface area contributed by atoms with E-state index in [4.69, 9.17) is 0 Å². The van der Waals surface area contributed by atoms with Crippen LogP contribution in [0.1, 0.15) is 24.8 Å². The molecule has 0 aliphatic carbocycles. The summed E-state index contributed by atoms with van der Waals surface area (Å²) in [6.07, 6.45) is 3.23. The van der Waals surface area contributed by atoms with Crippen molar-refractivity contribution in [2.24, 2.45) is 0 Å². The molecule has 2 unspecified atom stereocenters. The number of nitrogens with zero attached hydrogens (tertiary/aromatic N) is 1. The zero-order valence-electron chi connectivity index (χ0n) is 11.2. The molecule has 1 N–H and O–H groups in total. The largest absolute Gasteiger partial charge is 0.341 e. The monoisotopic (exact) mass is 280 g/mol. The number of fused-ring (bicyclic) bond motifs is 2. The molecular formula is C15H18F2N2O. The number of carbonyl (C=O) groups is 1. The summed E-state index contributed by atoms with van der Waals surface area (Å²) in [6, 6.07) is 4.25. The highest BCUT2D eigenvalue weighted by Gasteiger charge is 2.31. The molecule has 5 heteroatoms. The minimum Gasteiger partial charge on any atom is -0.341 e. The van der Waals surface area contributed by atoms with Crippen LogP contribution in [0.5, 0.6) is 0 Å². The number of hydrogen-bond acceptors (Lipinski definition) is 2. The molecule has 2 aliphatic rings. The lowest BCUT2D eigenvalue weighted by Gasteiger charge is -2.24. The van der Waals surface area contributed by atoms with E-state index < -0.39 is 11.6 Å². The van der Waals surface area contributed by atoms with Gasteiger partial charge in [-0.15, -0.1) is 0 Å². The van der Waals surface area contributed by atoms with Crippen molar-refractivity contribution in [3.63, 3.8) is 0 Å². The zero-order valence-corrected chi connectivity index (χ0v) is 11.2. The van der Waals surface area contributed by atoms with Crippen LogP contribution in [-0.4, -0.2) is 36.0 Å². The quantitative estimate of drug-likeness (QED) is 0.897. The number of carbonyl (C=O) groups excluding carboxylic acids is 1. The molecule has 1 aromatic carbocycles. The standard InChI is InChI=1S/C15H18F2N2O/c16-11-2-1-10(14(17)8-11)7-15(20)19-6-5-12-3-4-13(9-19)18-12/h1-2,8,12-13,18H,3-7,9H2. The average molecular weight is 280 g/mol. The highest BCUT2D eigenvalue weighted by atomic mass is 19.1. The molecule has 2 saturated heterocycles. The van der Waals surface area contributed by atoms with Gasteiger partial charge in [0.05, 0.1) is 6.42 Å². The summed E-state index contributed by atoms with van der Waals surface area (Å²) in [5, 5.41) is 3.50. The predicted molar refractivity (Wildman–Crippen MR) is 71.2 cm³/mol. The zero-order chi connectivity index (χ0) is 14.1. The van der Waals surface area contributed by atoms with Gasteiger partial charge in [-0.25, -0.2) is 8.78 Å². The van der Waals surface area contributed by atoms with Gasteiger partial charge >= 0.3 is 0 Å². The first-order valence-corrected chi connectivity index (χ1v) is 7.09. The molecule has 2 atom stereocenters. The van der Waals surface area contributed by atoms with Gasteiger partial charge in [-0.1, -0.05) is 6.07 Å². The van der Waals surface area contributed by atoms with E-state index in [1.807, 2.05) is 0 Å². The highest BCUT2D eigenvalue weighted by Crippen LogP contribution is 2.21. The topological polar surface area (TPSA) is 32.3 Å². The second-order valence-electron chi connectivity index (χ2n) is 5.68. The molecule has 108 valence electrons. The van der Waals surface area contributed by atoms with Crippen molar-refractivity contribution in [2.75, 3.05) is 13.1 Å². The maximum atomic E-state index is 13.6. The van der Waals surface area contributed by atoms with Gasteiger partial charge in [-0.3, -0.25) is 4.79 Å². The number of halogens is 2. The first-order chi connectivity index (χ1) is 9.61. The molecule has 1 amide bonds. The van der Waals surface area contributed by atoms with Crippen LogP contribution in [0.4, 0.5) is 8.78 Å². The second-order valence-corrected chi connectivity index (χ2v) is 5.68. The first-order valence-electron chi connectivity index (χ1n) is 7.09. The molecule has 0 saturated carbocycles. The van der Waals surface area contributed by atoms with E-state index in [9.17, 15) is 13.6 Å². The van der Waals surface area contributed by atoms with E-state index in [2.05, 4.69) is 5.32 Å². The fraction of sp³-hybridized carbons (Fsp3) is 0.533. The Balaban J connectivity index is 1.66. The fourth-order valence-corrected chi connectivity index (χ4v) is 3.11. The molecule has 2 heterocycles. The molecule has 2 bridgehead atoms. The van der Waals surface area contributed by atoms with Crippen molar-refractivity contribution in [1.29, 1.82) is 0 Å². The van der Waals surface area contributed by atoms with Gasteiger partial charge < -0.3 is 10.2 Å². The number of benzene rings is 1. The summed E-state index contributed by atoms with van der Waals surface area (Å²) < 4.78 is 26.4. The van der Waals surface area contributed by atoms with Crippen molar-refractivity contribution in [3.05, 3.63) is 35.4 Å². The lowest BCUT2D eigenvalue weighted by molar-refractivity contribution is -0.130. The third-order valence-electron chi connectivity index (χ3n) is 4.23. The van der Waals surface area contributed by atoms with Gasteiger partial charge in [0.1, 0.15) is 11.6 Å². The normalized spacial score (nSPS) is 25.6. The molecule has 3 nitrogen and oxygen atoms in total. The van der Waals surface area contributed by atoms with E-state index in [-0.39, 0.29) is 17.9 Å². The lowest BCUT2D eigenvalue weighted by atomic mass is 10.1. The average Bonchev–Trinajstić information content (AvgIpc) is 2.72. The van der Waals surface area contributed by atoms with Crippen LogP contribution >= 0.6 is 0 Å². The summed E-state index contributed by atoms with van der Waals surface area (Å²) in [7, 11) is 0. The molecule has 0 spiro atoms. The van der Waals surface area contributed by atoms with Crippen LogP contribution in [0.25, 0.3) is 0 Å². The molecule has 1 aromatic rings. The number of nitrogens with one attached hydrogen (secondary N) is 1. The second kappa shape index (κ2) is 5.48. The summed E-state index contributed by atoms with van der Waals surface area (Å²) in [5.41, 5.74) is 0.263. The van der Waals surface area contributed by atoms with Gasteiger partial charge in [0, 0.05) is 31.2 Å². The lowest BCUT2D eigenvalue weighted by Crippen LogP contribution is -2.39. The summed E-state index contributed by atoms with van der Waals surface area (Å²) >= 11 is 0. The molecule has 20 heavy (non-hydrogen) atoms. The maximum absolute atomic E-state index is 13.6. The Morgan fingerprint density at radius 2 is 2.05 bits per heavy atom. The Bertz CT molecular complexity index is 521. The van der Waals surface area contributed by atoms with Crippen LogP contribution in [0.3, 0.4) is 0 Å². The van der Waals surface area contributed by atoms with Crippen molar-refractivity contribution in [1.82, 2.24) is 10.2 Å². The summed E-state index contributed by atoms with van der Waals surface area (Å²) in [4.78, 5) is 14.1. The first kappa shape index (κ1) is 13.5. The van der Waals surface area contributed by atoms with Crippen LogP contribution in [0.2, 0.25) is 0 Å². The van der Waals surface area contributed by atoms with E-state index >= 15 is 0 Å². The van der Waals surface area contributed by atoms with Crippen molar-refractivity contribution in [3.8, 4) is 0 Å². The summed E-state index contributed by atoms with van der Waals surface area (Å²) in [5.74, 6) is -1.34. The summed E-state index contributed by atoms with van der Waals surface area (Å²) in [6.45, 7) is 1.41. The molecule has 0 radical (unpaired) electrons. The Morgan fingerprint density at radius 1 is 1.25 bits per heavy atom. The predicted octanol–water partition coefficient (Wildman–Crippen LogP) is 1.86. The van der Waals surface area contributed by atoms with E-state index in [0.29, 0.717) is 18.6 Å². The van der Waals surface area contributed by atoms with E-state index in [1.54, 1.807) is 4.90 Å². The van der Waals surface area contributed by atoms with Gasteiger partial charge in [0.25, 0.3) is 0 Å². The van der Waals surface area contributed by atoms with Crippen molar-refractivity contribution >= 4 is 5.91 Å². The van der Waals surface area contributed by atoms with Gasteiger partial charge in [0.2, 0.25) is 5.91 Å². The minimum absolute atomic E-state index is 0.00347. The van der Waals surface area contributed by atoms with Gasteiger partial charge in [-0.05, 0) is 30.9 Å². The molecule has 3 rings (SSSR count). The third-order valence-corrected chi connectivity index (χ3v) is 4.23. The molecule has 2 fully saturated rings. The molecule has 2 aliphatic heterocycles. The Kier molecular flexibility index (Phi) is 3.70. The van der Waals surface area contributed by atoms with Crippen LogP contribution in [-0.2, 0) is 11.2 Å². The highest BCUT2D eigenvalue weighted by molar-refractivity contribution is 5.79. The number of likely N-dealkylation sites (tertiary alicyclic amines) is 1. The molecular weight excluding hydrogens is 262 g/mol. The Labute approximate surface area is 117 Å². The van der Waals surface area contributed by atoms with Crippen LogP contribution < -0.4 is 5.32 Å². The number of rotatable bonds is 2. The minimum atomic E-state index is -0.646. The van der Waals surface area contributed by atoms with Crippen molar-refractivity contribution < 1.29 is 13.6 Å². The SMILES string of the molecule is O=C(Cc1ccc(F)cc1F)N1CCC2CCC(C1)N2. The fourth-order valence-electron chi connectivity index (χ4n) is 3.11. The van der Waals surface area contributed by atoms with Gasteiger partial charge in [-0.2, -0.15) is 0 Å². The van der Waals surface area contributed by atoms with Crippen LogP contribution in [0.15, 0.2) is 18.2 Å². The van der Waals surface area contributed by atoms with Crippen molar-refractivity contribution in [2.45, 2.75) is 37.8 Å². The van der Waals surface area contributed by atoms with Crippen LogP contribution in [0, 0.1) is 11.6 Å². The molecule has 0 aromatic heterocycles. The smallest absolute Gasteiger partial charge is 0.227 e. The third kappa shape index (κ3) is 2.82. The Morgan fingerprint density at radius 3 is 2.85 bits per heavy atom. The van der Waals surface area contributed by atoms with E-state index in [0.717, 1.165) is 25.5 Å². The maximum Gasteiger partial charge on any atom is 0.227 e.